The molecule has 5 nitrogen and oxygen atoms in total. The standard InChI is InChI=1S/C14H11BrCl2N2O3S/c15-9-6-10(16)13(11(17)7-9)23(21,22)19-12(14(18)20)8-4-2-1-3-5-8/h1-7,12,19H,(H2,18,20). The third-order valence-electron chi connectivity index (χ3n) is 2.92. The molecule has 0 fully saturated rings. The van der Waals surface area contributed by atoms with Gasteiger partial charge in [-0.05, 0) is 17.7 Å². The van der Waals surface area contributed by atoms with Gasteiger partial charge in [0.2, 0.25) is 15.9 Å². The Morgan fingerprint density at radius 3 is 2.13 bits per heavy atom. The van der Waals surface area contributed by atoms with Crippen LogP contribution in [-0.4, -0.2) is 14.3 Å². The van der Waals surface area contributed by atoms with Crippen molar-refractivity contribution in [2.24, 2.45) is 5.73 Å². The van der Waals surface area contributed by atoms with Crippen LogP contribution in [0.5, 0.6) is 0 Å². The van der Waals surface area contributed by atoms with Crippen LogP contribution in [0.2, 0.25) is 10.0 Å². The Kier molecular flexibility index (Phi) is 5.70. The van der Waals surface area contributed by atoms with Gasteiger partial charge in [0.25, 0.3) is 0 Å². The van der Waals surface area contributed by atoms with Gasteiger partial charge in [0, 0.05) is 4.47 Å². The van der Waals surface area contributed by atoms with Crippen molar-refractivity contribution < 1.29 is 13.2 Å². The van der Waals surface area contributed by atoms with Crippen LogP contribution in [0, 0.1) is 0 Å². The molecule has 0 aliphatic carbocycles. The number of nitrogens with two attached hydrogens (primary N) is 1. The number of hydrogen-bond acceptors (Lipinski definition) is 3. The minimum Gasteiger partial charge on any atom is -0.368 e. The molecule has 9 heteroatoms. The number of sulfonamides is 1. The molecule has 122 valence electrons. The third-order valence-corrected chi connectivity index (χ3v) is 5.72. The second-order valence-electron chi connectivity index (χ2n) is 4.57. The molecular formula is C14H11BrCl2N2O3S. The number of halogens is 3. The van der Waals surface area contributed by atoms with Crippen molar-refractivity contribution in [2.75, 3.05) is 0 Å². The first-order chi connectivity index (χ1) is 10.7. The maximum absolute atomic E-state index is 12.6. The van der Waals surface area contributed by atoms with Gasteiger partial charge in [0.15, 0.2) is 0 Å². The molecule has 2 rings (SSSR count). The van der Waals surface area contributed by atoms with Crippen molar-refractivity contribution in [3.05, 3.63) is 62.5 Å². The van der Waals surface area contributed by atoms with Crippen LogP contribution in [-0.2, 0) is 14.8 Å². The summed E-state index contributed by atoms with van der Waals surface area (Å²) in [5.41, 5.74) is 5.72. The first-order valence-corrected chi connectivity index (χ1v) is 9.26. The van der Waals surface area contributed by atoms with E-state index >= 15 is 0 Å². The van der Waals surface area contributed by atoms with E-state index in [1.807, 2.05) is 0 Å². The molecular weight excluding hydrogens is 427 g/mol. The summed E-state index contributed by atoms with van der Waals surface area (Å²) in [7, 11) is -4.17. The lowest BCUT2D eigenvalue weighted by Crippen LogP contribution is -2.37. The lowest BCUT2D eigenvalue weighted by atomic mass is 10.1. The van der Waals surface area contributed by atoms with E-state index < -0.39 is 22.0 Å². The van der Waals surface area contributed by atoms with Crippen LogP contribution in [0.1, 0.15) is 11.6 Å². The van der Waals surface area contributed by atoms with E-state index in [9.17, 15) is 13.2 Å². The Hall–Kier alpha value is -1.12. The summed E-state index contributed by atoms with van der Waals surface area (Å²) in [4.78, 5) is 11.3. The van der Waals surface area contributed by atoms with E-state index in [0.717, 1.165) is 0 Å². The number of amides is 1. The second-order valence-corrected chi connectivity index (χ2v) is 7.95. The van der Waals surface area contributed by atoms with Crippen LogP contribution >= 0.6 is 39.1 Å². The van der Waals surface area contributed by atoms with E-state index in [4.69, 9.17) is 28.9 Å². The van der Waals surface area contributed by atoms with Gasteiger partial charge in [-0.1, -0.05) is 69.5 Å². The van der Waals surface area contributed by atoms with Gasteiger partial charge in [-0.2, -0.15) is 4.72 Å². The van der Waals surface area contributed by atoms with Crippen LogP contribution in [0.15, 0.2) is 51.8 Å². The third kappa shape index (κ3) is 4.24. The van der Waals surface area contributed by atoms with Gasteiger partial charge >= 0.3 is 0 Å². The SMILES string of the molecule is NC(=O)C(NS(=O)(=O)c1c(Cl)cc(Br)cc1Cl)c1ccccc1. The van der Waals surface area contributed by atoms with Crippen LogP contribution in [0.25, 0.3) is 0 Å². The second kappa shape index (κ2) is 7.19. The Morgan fingerprint density at radius 2 is 1.65 bits per heavy atom. The topological polar surface area (TPSA) is 89.3 Å². The number of hydrogen-bond donors (Lipinski definition) is 2. The van der Waals surface area contributed by atoms with E-state index in [2.05, 4.69) is 20.7 Å². The molecule has 0 saturated carbocycles. The minimum atomic E-state index is -4.17. The normalized spacial score (nSPS) is 12.8. The average Bonchev–Trinajstić information content (AvgIpc) is 2.44. The molecule has 1 atom stereocenters. The summed E-state index contributed by atoms with van der Waals surface area (Å²) in [5, 5.41) is -0.152. The molecule has 0 radical (unpaired) electrons. The average molecular weight is 438 g/mol. The molecule has 2 aromatic rings. The van der Waals surface area contributed by atoms with Crippen LogP contribution in [0.4, 0.5) is 0 Å². The minimum absolute atomic E-state index is 0.0758. The Bertz CT molecular complexity index is 821. The van der Waals surface area contributed by atoms with Crippen molar-refractivity contribution in [3.8, 4) is 0 Å². The van der Waals surface area contributed by atoms with Gasteiger partial charge in [-0.15, -0.1) is 0 Å². The molecule has 0 saturated heterocycles. The van der Waals surface area contributed by atoms with Crippen LogP contribution < -0.4 is 10.5 Å². The zero-order chi connectivity index (χ0) is 17.2. The van der Waals surface area contributed by atoms with Crippen molar-refractivity contribution in [1.82, 2.24) is 4.72 Å². The summed E-state index contributed by atoms with van der Waals surface area (Å²) in [6.07, 6.45) is 0. The maximum atomic E-state index is 12.6. The fraction of sp³-hybridized carbons (Fsp3) is 0.0714. The monoisotopic (exact) mass is 436 g/mol. The lowest BCUT2D eigenvalue weighted by Gasteiger charge is -2.17. The zero-order valence-corrected chi connectivity index (χ0v) is 15.4. The fourth-order valence-electron chi connectivity index (χ4n) is 1.94. The van der Waals surface area contributed by atoms with Crippen LogP contribution in [0.3, 0.4) is 0 Å². The van der Waals surface area contributed by atoms with Gasteiger partial charge in [-0.25, -0.2) is 8.42 Å². The summed E-state index contributed by atoms with van der Waals surface area (Å²) in [6.45, 7) is 0. The predicted molar refractivity (Wildman–Crippen MR) is 92.9 cm³/mol. The molecule has 0 bridgehead atoms. The van der Waals surface area contributed by atoms with Crippen molar-refractivity contribution >= 4 is 55.1 Å². The Labute approximate surface area is 152 Å². The highest BCUT2D eigenvalue weighted by atomic mass is 79.9. The van der Waals surface area contributed by atoms with Crippen molar-refractivity contribution in [3.63, 3.8) is 0 Å². The first kappa shape index (κ1) is 18.2. The Morgan fingerprint density at radius 1 is 1.13 bits per heavy atom. The Balaban J connectivity index is 2.46. The van der Waals surface area contributed by atoms with E-state index in [1.165, 1.54) is 12.1 Å². The highest BCUT2D eigenvalue weighted by Gasteiger charge is 2.29. The van der Waals surface area contributed by atoms with Crippen molar-refractivity contribution in [2.45, 2.75) is 10.9 Å². The summed E-state index contributed by atoms with van der Waals surface area (Å²) in [5.74, 6) is -0.843. The fourth-order valence-corrected chi connectivity index (χ4v) is 5.07. The smallest absolute Gasteiger partial charge is 0.244 e. The number of carbonyl (C=O) groups is 1. The number of rotatable bonds is 5. The van der Waals surface area contributed by atoms with E-state index in [-0.39, 0.29) is 14.9 Å². The predicted octanol–water partition coefficient (Wildman–Crippen LogP) is 3.26. The van der Waals surface area contributed by atoms with E-state index in [0.29, 0.717) is 10.0 Å². The molecule has 0 aliphatic rings. The number of primary amides is 1. The molecule has 0 aliphatic heterocycles. The van der Waals surface area contributed by atoms with Gasteiger partial charge in [0.1, 0.15) is 10.9 Å². The molecule has 1 unspecified atom stereocenters. The molecule has 3 N–H and O–H groups in total. The summed E-state index contributed by atoms with van der Waals surface area (Å²) < 4.78 is 27.9. The van der Waals surface area contributed by atoms with Gasteiger partial charge < -0.3 is 5.73 Å². The number of benzene rings is 2. The highest BCUT2D eigenvalue weighted by Crippen LogP contribution is 2.33. The molecule has 0 spiro atoms. The van der Waals surface area contributed by atoms with Gasteiger partial charge in [-0.3, -0.25) is 4.79 Å². The van der Waals surface area contributed by atoms with Crippen molar-refractivity contribution in [1.29, 1.82) is 0 Å². The first-order valence-electron chi connectivity index (χ1n) is 6.23. The zero-order valence-electron chi connectivity index (χ0n) is 11.5. The number of nitrogens with one attached hydrogen (secondary N) is 1. The quantitative estimate of drug-likeness (QED) is 0.752. The maximum Gasteiger partial charge on any atom is 0.244 e. The highest BCUT2D eigenvalue weighted by molar-refractivity contribution is 9.10. The largest absolute Gasteiger partial charge is 0.368 e. The summed E-state index contributed by atoms with van der Waals surface area (Å²) in [6, 6.07) is 9.78. The van der Waals surface area contributed by atoms with E-state index in [1.54, 1.807) is 30.3 Å². The van der Waals surface area contributed by atoms with Gasteiger partial charge in [0.05, 0.1) is 10.0 Å². The lowest BCUT2D eigenvalue weighted by molar-refractivity contribution is -0.119. The molecule has 1 amide bonds. The molecule has 2 aromatic carbocycles. The summed E-state index contributed by atoms with van der Waals surface area (Å²) >= 11 is 15.1. The molecule has 23 heavy (non-hydrogen) atoms. The molecule has 0 aromatic heterocycles. The number of carbonyl (C=O) groups excluding carboxylic acids is 1. The molecule has 0 heterocycles.